The molecule has 0 atom stereocenters. The molecule has 2 radical (unpaired) electrons. The summed E-state index contributed by atoms with van der Waals surface area (Å²) in [5.74, 6) is 0. The lowest BCUT2D eigenvalue weighted by Crippen LogP contribution is -2.50. The predicted octanol–water partition coefficient (Wildman–Crippen LogP) is 4.13. The van der Waals surface area contributed by atoms with Crippen LogP contribution in [0.25, 0.3) is 0 Å². The largest absolute Gasteiger partial charge is 0.355 e. The van der Waals surface area contributed by atoms with Gasteiger partial charge in [-0.15, -0.1) is 0 Å². The van der Waals surface area contributed by atoms with E-state index < -0.39 is 0 Å². The number of anilines is 1. The summed E-state index contributed by atoms with van der Waals surface area (Å²) >= 11 is 0. The first kappa shape index (κ1) is 11.5. The molecule has 0 aliphatic carbocycles. The molecule has 1 saturated heterocycles. The van der Waals surface area contributed by atoms with Crippen LogP contribution in [0.2, 0.25) is 0 Å². The summed E-state index contributed by atoms with van der Waals surface area (Å²) < 4.78 is 0. The van der Waals surface area contributed by atoms with Gasteiger partial charge in [0.2, 0.25) is 0 Å². The van der Waals surface area contributed by atoms with Gasteiger partial charge in [0.05, 0.1) is 6.54 Å². The molecule has 1 aromatic rings. The third-order valence-corrected chi connectivity index (χ3v) is 3.40. The van der Waals surface area contributed by atoms with E-state index in [2.05, 4.69) is 69.5 Å². The molecule has 1 nitrogen and oxygen atoms in total. The van der Waals surface area contributed by atoms with Crippen LogP contribution in [0, 0.1) is 12.0 Å². The van der Waals surface area contributed by atoms with Crippen LogP contribution in [0.3, 0.4) is 0 Å². The highest BCUT2D eigenvalue weighted by atomic mass is 15.2. The Balaban J connectivity index is 2.30. The lowest BCUT2D eigenvalue weighted by atomic mass is 9.76. The molecule has 16 heavy (non-hydrogen) atoms. The molecule has 0 bridgehead atoms. The fraction of sp³-hybridized carbons (Fsp3) is 0.533. The summed E-state index contributed by atoms with van der Waals surface area (Å²) in [5, 5.41) is 0. The molecule has 1 heteroatoms. The first-order valence-corrected chi connectivity index (χ1v) is 6.04. The van der Waals surface area contributed by atoms with E-state index in [0.29, 0.717) is 0 Å². The maximum absolute atomic E-state index is 3.63. The quantitative estimate of drug-likeness (QED) is 0.681. The smallest absolute Gasteiger partial charge is 0.0979 e. The predicted molar refractivity (Wildman–Crippen MR) is 69.3 cm³/mol. The Morgan fingerprint density at radius 1 is 1.00 bits per heavy atom. The van der Waals surface area contributed by atoms with Crippen molar-refractivity contribution in [1.82, 2.24) is 0 Å². The number of hydrogen-bond acceptors (Lipinski definition) is 1. The van der Waals surface area contributed by atoms with Crippen LogP contribution >= 0.6 is 0 Å². The van der Waals surface area contributed by atoms with Crippen molar-refractivity contribution in [2.45, 2.75) is 46.1 Å². The summed E-state index contributed by atoms with van der Waals surface area (Å²) in [5.41, 5.74) is 1.61. The second-order valence-electron chi connectivity index (χ2n) is 5.98. The van der Waals surface area contributed by atoms with Gasteiger partial charge in [-0.05, 0) is 44.2 Å². The van der Waals surface area contributed by atoms with Crippen LogP contribution in [-0.2, 0) is 0 Å². The van der Waals surface area contributed by atoms with Crippen molar-refractivity contribution >= 4 is 5.69 Å². The van der Waals surface area contributed by atoms with Gasteiger partial charge in [0.25, 0.3) is 0 Å². The Labute approximate surface area is 99.5 Å². The van der Waals surface area contributed by atoms with E-state index in [-0.39, 0.29) is 11.0 Å². The second kappa shape index (κ2) is 3.80. The molecular weight excluding hydrogens is 194 g/mol. The lowest BCUT2D eigenvalue weighted by molar-refractivity contribution is 0.256. The van der Waals surface area contributed by atoms with Gasteiger partial charge in [-0.1, -0.05) is 32.0 Å². The van der Waals surface area contributed by atoms with Gasteiger partial charge in [0, 0.05) is 11.2 Å². The first-order chi connectivity index (χ1) is 7.41. The van der Waals surface area contributed by atoms with Gasteiger partial charge in [-0.2, -0.15) is 0 Å². The Kier molecular flexibility index (Phi) is 2.73. The number of nitrogens with zero attached hydrogens (tertiary/aromatic N) is 1. The number of hydrogen-bond donors (Lipinski definition) is 0. The molecule has 1 fully saturated rings. The van der Waals surface area contributed by atoms with Crippen molar-refractivity contribution in [1.29, 1.82) is 0 Å². The van der Waals surface area contributed by atoms with Crippen molar-refractivity contribution in [2.75, 3.05) is 4.90 Å². The van der Waals surface area contributed by atoms with Crippen LogP contribution in [-0.4, -0.2) is 5.54 Å². The molecule has 1 heterocycles. The standard InChI is InChI=1S/C15H21N/c1-14(2)10-11-15(3,4)16(12-14)13-8-6-5-7-9-13/h5-9H,10-11H2,1-4H3. The molecule has 0 saturated carbocycles. The summed E-state index contributed by atoms with van der Waals surface area (Å²) in [4.78, 5) is 2.32. The van der Waals surface area contributed by atoms with Gasteiger partial charge in [0.15, 0.2) is 0 Å². The molecule has 1 aliphatic heterocycles. The zero-order valence-corrected chi connectivity index (χ0v) is 10.7. The monoisotopic (exact) mass is 215 g/mol. The third-order valence-electron chi connectivity index (χ3n) is 3.40. The van der Waals surface area contributed by atoms with Gasteiger partial charge in [-0.3, -0.25) is 0 Å². The minimum atomic E-state index is 0.177. The minimum absolute atomic E-state index is 0.177. The average molecular weight is 215 g/mol. The topological polar surface area (TPSA) is 3.24 Å². The molecule has 86 valence electrons. The number of rotatable bonds is 1. The maximum atomic E-state index is 3.63. The second-order valence-corrected chi connectivity index (χ2v) is 5.98. The molecule has 0 spiro atoms. The molecular formula is C15H21N. The summed E-state index contributed by atoms with van der Waals surface area (Å²) in [7, 11) is 0. The van der Waals surface area contributed by atoms with E-state index in [4.69, 9.17) is 0 Å². The third kappa shape index (κ3) is 2.23. The minimum Gasteiger partial charge on any atom is -0.355 e. The maximum Gasteiger partial charge on any atom is 0.0979 e. The fourth-order valence-electron chi connectivity index (χ4n) is 2.23. The van der Waals surface area contributed by atoms with Gasteiger partial charge >= 0.3 is 0 Å². The summed E-state index contributed by atoms with van der Waals surface area (Å²) in [6, 6.07) is 10.6. The van der Waals surface area contributed by atoms with Gasteiger partial charge in [0.1, 0.15) is 0 Å². The highest BCUT2D eigenvalue weighted by molar-refractivity contribution is 5.51. The van der Waals surface area contributed by atoms with Crippen molar-refractivity contribution in [3.8, 4) is 0 Å². The van der Waals surface area contributed by atoms with Crippen molar-refractivity contribution < 1.29 is 0 Å². The van der Waals surface area contributed by atoms with E-state index in [1.165, 1.54) is 18.5 Å². The molecule has 2 rings (SSSR count). The first-order valence-electron chi connectivity index (χ1n) is 6.04. The lowest BCUT2D eigenvalue weighted by Gasteiger charge is -2.49. The zero-order chi connectivity index (χ0) is 11.8. The highest BCUT2D eigenvalue weighted by Crippen LogP contribution is 2.42. The Morgan fingerprint density at radius 2 is 1.62 bits per heavy atom. The number of para-hydroxylation sites is 1. The van der Waals surface area contributed by atoms with Crippen molar-refractivity contribution in [2.24, 2.45) is 5.41 Å². The van der Waals surface area contributed by atoms with Crippen LogP contribution in [0.1, 0.15) is 40.5 Å². The van der Waals surface area contributed by atoms with Crippen LogP contribution in [0.4, 0.5) is 5.69 Å². The molecule has 0 amide bonds. The van der Waals surface area contributed by atoms with Gasteiger partial charge < -0.3 is 4.90 Å². The van der Waals surface area contributed by atoms with E-state index >= 15 is 0 Å². The molecule has 1 aromatic carbocycles. The van der Waals surface area contributed by atoms with Crippen molar-refractivity contribution in [3.63, 3.8) is 0 Å². The van der Waals surface area contributed by atoms with E-state index in [9.17, 15) is 0 Å². The molecule has 0 unspecified atom stereocenters. The van der Waals surface area contributed by atoms with Crippen LogP contribution in [0.5, 0.6) is 0 Å². The molecule has 1 aliphatic rings. The summed E-state index contributed by atoms with van der Waals surface area (Å²) in [6.45, 7) is 12.7. The SMILES string of the molecule is CC1(C)[C]N(c2ccccc2)C(C)(C)CC1. The Morgan fingerprint density at radius 3 is 2.25 bits per heavy atom. The molecule has 0 aromatic heterocycles. The summed E-state index contributed by atoms with van der Waals surface area (Å²) in [6.07, 6.45) is 2.42. The Bertz CT molecular complexity index is 351. The number of benzene rings is 1. The van der Waals surface area contributed by atoms with E-state index in [1.54, 1.807) is 0 Å². The fourth-order valence-corrected chi connectivity index (χ4v) is 2.23. The zero-order valence-electron chi connectivity index (χ0n) is 10.7. The van der Waals surface area contributed by atoms with Crippen LogP contribution in [0.15, 0.2) is 30.3 Å². The molecule has 0 N–H and O–H groups in total. The highest BCUT2D eigenvalue weighted by Gasteiger charge is 2.38. The van der Waals surface area contributed by atoms with Gasteiger partial charge in [-0.25, -0.2) is 0 Å². The van der Waals surface area contributed by atoms with E-state index in [1.807, 2.05) is 0 Å². The average Bonchev–Trinajstić information content (AvgIpc) is 2.24. The van der Waals surface area contributed by atoms with Crippen LogP contribution < -0.4 is 4.90 Å². The van der Waals surface area contributed by atoms with E-state index in [0.717, 1.165) is 0 Å². The Hall–Kier alpha value is -0.980. The normalized spacial score (nSPS) is 23.1. The van der Waals surface area contributed by atoms with Crippen molar-refractivity contribution in [3.05, 3.63) is 36.9 Å². The number of piperidine rings is 1.